The van der Waals surface area contributed by atoms with Crippen molar-refractivity contribution < 1.29 is 9.00 Å². The Kier molecular flexibility index (Phi) is 5.44. The molecule has 0 aliphatic heterocycles. The summed E-state index contributed by atoms with van der Waals surface area (Å²) < 4.78 is 13.7. The number of nitrogens with one attached hydrogen (secondary N) is 1. The van der Waals surface area contributed by atoms with Gasteiger partial charge < -0.3 is 5.32 Å². The molecule has 0 radical (unpaired) electrons. The highest BCUT2D eigenvalue weighted by molar-refractivity contribution is 7.84. The Balaban J connectivity index is 1.56. The summed E-state index contributed by atoms with van der Waals surface area (Å²) in [6.07, 6.45) is 0. The van der Waals surface area contributed by atoms with E-state index in [0.29, 0.717) is 12.4 Å². The van der Waals surface area contributed by atoms with Gasteiger partial charge in [0.05, 0.1) is 18.0 Å². The van der Waals surface area contributed by atoms with Crippen LogP contribution in [0.5, 0.6) is 0 Å². The lowest BCUT2D eigenvalue weighted by Crippen LogP contribution is -2.28. The normalized spacial score (nSPS) is 12.0. The zero-order valence-corrected chi connectivity index (χ0v) is 14.3. The van der Waals surface area contributed by atoms with Crippen LogP contribution in [0.25, 0.3) is 5.69 Å². The molecule has 0 aliphatic carbocycles. The van der Waals surface area contributed by atoms with Crippen LogP contribution in [-0.4, -0.2) is 36.1 Å². The first-order valence-corrected chi connectivity index (χ1v) is 9.56. The third-order valence-electron chi connectivity index (χ3n) is 3.16. The van der Waals surface area contributed by atoms with E-state index in [2.05, 4.69) is 20.8 Å². The van der Waals surface area contributed by atoms with E-state index in [0.717, 1.165) is 10.6 Å². The van der Waals surface area contributed by atoms with Gasteiger partial charge in [0.15, 0.2) is 5.82 Å². The molecular formula is C15H15N5O2S2. The van der Waals surface area contributed by atoms with Crippen molar-refractivity contribution in [1.82, 2.24) is 25.5 Å². The van der Waals surface area contributed by atoms with E-state index < -0.39 is 10.8 Å². The lowest BCUT2D eigenvalue weighted by molar-refractivity contribution is -0.118. The molecule has 2 aromatic heterocycles. The van der Waals surface area contributed by atoms with Crippen molar-refractivity contribution in [2.24, 2.45) is 0 Å². The van der Waals surface area contributed by atoms with Crippen molar-refractivity contribution in [2.75, 3.05) is 5.75 Å². The number of amides is 1. The molecular weight excluding hydrogens is 346 g/mol. The fraction of sp³-hybridized carbons (Fsp3) is 0.200. The number of rotatable bonds is 7. The van der Waals surface area contributed by atoms with E-state index in [9.17, 15) is 9.00 Å². The van der Waals surface area contributed by atoms with E-state index >= 15 is 0 Å². The molecule has 3 aromatic rings. The second-order valence-electron chi connectivity index (χ2n) is 4.93. The molecule has 1 unspecified atom stereocenters. The van der Waals surface area contributed by atoms with Crippen LogP contribution in [0.4, 0.5) is 0 Å². The molecule has 3 rings (SSSR count). The van der Waals surface area contributed by atoms with Gasteiger partial charge in [0.2, 0.25) is 5.91 Å². The van der Waals surface area contributed by atoms with Gasteiger partial charge in [-0.2, -0.15) is 4.68 Å². The number of tetrazole rings is 1. The molecule has 0 spiro atoms. The Bertz CT molecular complexity index is 818. The lowest BCUT2D eigenvalue weighted by atomic mass is 10.3. The van der Waals surface area contributed by atoms with Crippen LogP contribution in [0.1, 0.15) is 10.7 Å². The average molecular weight is 361 g/mol. The first-order valence-electron chi connectivity index (χ1n) is 7.19. The van der Waals surface area contributed by atoms with E-state index in [4.69, 9.17) is 0 Å². The van der Waals surface area contributed by atoms with Gasteiger partial charge in [-0.1, -0.05) is 24.3 Å². The summed E-state index contributed by atoms with van der Waals surface area (Å²) in [5.41, 5.74) is 0.789. The largest absolute Gasteiger partial charge is 0.350 e. The van der Waals surface area contributed by atoms with Crippen molar-refractivity contribution in [3.05, 3.63) is 58.5 Å². The molecule has 2 heterocycles. The molecule has 0 aliphatic rings. The summed E-state index contributed by atoms with van der Waals surface area (Å²) >= 11 is 1.57. The number of thiophene rings is 1. The molecule has 1 atom stereocenters. The smallest absolute Gasteiger partial charge is 0.232 e. The molecule has 0 bridgehead atoms. The SMILES string of the molecule is O=C(CS(=O)Cc1nnnn1-c1ccccc1)NCc1cccs1. The van der Waals surface area contributed by atoms with E-state index in [1.54, 1.807) is 11.3 Å². The highest BCUT2D eigenvalue weighted by atomic mass is 32.2. The van der Waals surface area contributed by atoms with Crippen LogP contribution in [-0.2, 0) is 27.9 Å². The zero-order chi connectivity index (χ0) is 16.8. The first kappa shape index (κ1) is 16.5. The first-order chi connectivity index (χ1) is 11.7. The maximum absolute atomic E-state index is 12.2. The molecule has 24 heavy (non-hydrogen) atoms. The van der Waals surface area contributed by atoms with Crippen LogP contribution in [0, 0.1) is 0 Å². The predicted octanol–water partition coefficient (Wildman–Crippen LogP) is 1.29. The molecule has 0 fully saturated rings. The topological polar surface area (TPSA) is 89.8 Å². The molecule has 1 amide bonds. The van der Waals surface area contributed by atoms with Crippen molar-refractivity contribution in [3.8, 4) is 5.69 Å². The third-order valence-corrected chi connectivity index (χ3v) is 5.20. The number of nitrogens with zero attached hydrogens (tertiary/aromatic N) is 4. The number of aromatic nitrogens is 4. The zero-order valence-electron chi connectivity index (χ0n) is 12.7. The van der Waals surface area contributed by atoms with Gasteiger partial charge in [0.25, 0.3) is 0 Å². The Hall–Kier alpha value is -2.39. The maximum atomic E-state index is 12.2. The minimum absolute atomic E-state index is 0.0764. The Morgan fingerprint density at radius 3 is 2.79 bits per heavy atom. The lowest BCUT2D eigenvalue weighted by Gasteiger charge is -2.05. The van der Waals surface area contributed by atoms with Gasteiger partial charge in [-0.05, 0) is 34.0 Å². The number of hydrogen-bond acceptors (Lipinski definition) is 6. The number of carbonyl (C=O) groups is 1. The summed E-state index contributed by atoms with van der Waals surface area (Å²) in [6, 6.07) is 13.2. The number of benzene rings is 1. The second-order valence-corrected chi connectivity index (χ2v) is 7.42. The standard InChI is InChI=1S/C15H15N5O2S2/c21-15(16-9-13-7-4-8-23-13)11-24(22)10-14-17-18-19-20(14)12-5-2-1-3-6-12/h1-8H,9-11H2,(H,16,21). The summed E-state index contributed by atoms with van der Waals surface area (Å²) in [6.45, 7) is 0.454. The maximum Gasteiger partial charge on any atom is 0.232 e. The minimum Gasteiger partial charge on any atom is -0.350 e. The van der Waals surface area contributed by atoms with Crippen molar-refractivity contribution >= 4 is 28.0 Å². The summed E-state index contributed by atoms with van der Waals surface area (Å²) in [5, 5.41) is 16.2. The third kappa shape index (κ3) is 4.33. The number of hydrogen-bond donors (Lipinski definition) is 1. The molecule has 0 saturated heterocycles. The number of para-hydroxylation sites is 1. The highest BCUT2D eigenvalue weighted by Crippen LogP contribution is 2.09. The van der Waals surface area contributed by atoms with Crippen molar-refractivity contribution in [1.29, 1.82) is 0 Å². The fourth-order valence-corrected chi connectivity index (χ4v) is 3.67. The minimum atomic E-state index is -1.38. The predicted molar refractivity (Wildman–Crippen MR) is 92.0 cm³/mol. The fourth-order valence-electron chi connectivity index (χ4n) is 2.06. The van der Waals surface area contributed by atoms with Gasteiger partial charge >= 0.3 is 0 Å². The molecule has 1 aromatic carbocycles. The summed E-state index contributed by atoms with van der Waals surface area (Å²) in [4.78, 5) is 12.9. The summed E-state index contributed by atoms with van der Waals surface area (Å²) in [7, 11) is -1.38. The van der Waals surface area contributed by atoms with Crippen molar-refractivity contribution in [2.45, 2.75) is 12.3 Å². The van der Waals surface area contributed by atoms with Gasteiger partial charge in [-0.25, -0.2) is 0 Å². The van der Waals surface area contributed by atoms with Crippen LogP contribution in [0.2, 0.25) is 0 Å². The van der Waals surface area contributed by atoms with Gasteiger partial charge in [0.1, 0.15) is 5.75 Å². The van der Waals surface area contributed by atoms with Gasteiger partial charge in [-0.15, -0.1) is 16.4 Å². The highest BCUT2D eigenvalue weighted by Gasteiger charge is 2.14. The van der Waals surface area contributed by atoms with Crippen LogP contribution in [0.15, 0.2) is 47.8 Å². The monoisotopic (exact) mass is 361 g/mol. The van der Waals surface area contributed by atoms with E-state index in [1.165, 1.54) is 4.68 Å². The Morgan fingerprint density at radius 1 is 1.21 bits per heavy atom. The van der Waals surface area contributed by atoms with Gasteiger partial charge in [-0.3, -0.25) is 9.00 Å². The van der Waals surface area contributed by atoms with Gasteiger partial charge in [0, 0.05) is 15.7 Å². The van der Waals surface area contributed by atoms with Crippen LogP contribution in [0.3, 0.4) is 0 Å². The van der Waals surface area contributed by atoms with E-state index in [-0.39, 0.29) is 17.4 Å². The Labute approximate surface area is 145 Å². The molecule has 0 saturated carbocycles. The van der Waals surface area contributed by atoms with Crippen LogP contribution < -0.4 is 5.32 Å². The molecule has 7 nitrogen and oxygen atoms in total. The average Bonchev–Trinajstić information content (AvgIpc) is 3.25. The quantitative estimate of drug-likeness (QED) is 0.685. The summed E-state index contributed by atoms with van der Waals surface area (Å²) in [5.74, 6) is 0.257. The van der Waals surface area contributed by atoms with Crippen molar-refractivity contribution in [3.63, 3.8) is 0 Å². The van der Waals surface area contributed by atoms with Crippen LogP contribution >= 0.6 is 11.3 Å². The molecule has 1 N–H and O–H groups in total. The molecule has 124 valence electrons. The molecule has 9 heteroatoms. The number of carbonyl (C=O) groups excluding carboxylic acids is 1. The Morgan fingerprint density at radius 2 is 2.04 bits per heavy atom. The second kappa shape index (κ2) is 7.93. The van der Waals surface area contributed by atoms with E-state index in [1.807, 2.05) is 47.8 Å².